The van der Waals surface area contributed by atoms with Crippen LogP contribution in [0.4, 0.5) is 5.69 Å². The first-order valence-electron chi connectivity index (χ1n) is 9.03. The van der Waals surface area contributed by atoms with Crippen LogP contribution in [-0.2, 0) is 4.79 Å². The molecule has 1 heterocycles. The predicted octanol–water partition coefficient (Wildman–Crippen LogP) is 6.17. The van der Waals surface area contributed by atoms with Crippen LogP contribution >= 0.6 is 11.6 Å². The van der Waals surface area contributed by atoms with E-state index in [2.05, 4.69) is 41.7 Å². The van der Waals surface area contributed by atoms with Gasteiger partial charge in [0.1, 0.15) is 0 Å². The van der Waals surface area contributed by atoms with Crippen molar-refractivity contribution in [1.29, 1.82) is 0 Å². The van der Waals surface area contributed by atoms with Gasteiger partial charge in [0.2, 0.25) is 0 Å². The molecule has 0 amide bonds. The molecule has 0 fully saturated rings. The molecule has 5 rings (SSSR count). The first-order chi connectivity index (χ1) is 12.7. The molecule has 0 radical (unpaired) electrons. The number of halogens is 1. The van der Waals surface area contributed by atoms with Crippen LogP contribution in [0.2, 0.25) is 5.02 Å². The summed E-state index contributed by atoms with van der Waals surface area (Å²) >= 11 is 6.23. The molecule has 0 saturated heterocycles. The number of hydrogen-bond donors (Lipinski definition) is 1. The van der Waals surface area contributed by atoms with Crippen molar-refractivity contribution in [2.45, 2.75) is 25.3 Å². The van der Waals surface area contributed by atoms with E-state index in [1.165, 1.54) is 21.9 Å². The lowest BCUT2D eigenvalue weighted by molar-refractivity contribution is -0.116. The number of carbonyl (C=O) groups is 1. The Morgan fingerprint density at radius 1 is 0.962 bits per heavy atom. The average Bonchev–Trinajstić information content (AvgIpc) is 2.67. The monoisotopic (exact) mass is 359 g/mol. The van der Waals surface area contributed by atoms with E-state index in [1.54, 1.807) is 0 Å². The molecule has 1 aliphatic carbocycles. The van der Waals surface area contributed by atoms with Crippen molar-refractivity contribution < 1.29 is 4.79 Å². The molecule has 0 bridgehead atoms. The molecule has 0 unspecified atom stereocenters. The highest BCUT2D eigenvalue weighted by Crippen LogP contribution is 2.48. The third-order valence-corrected chi connectivity index (χ3v) is 5.69. The van der Waals surface area contributed by atoms with Gasteiger partial charge in [-0.2, -0.15) is 0 Å². The Balaban J connectivity index is 1.79. The minimum absolute atomic E-state index is 0.134. The van der Waals surface area contributed by atoms with Gasteiger partial charge in [0.25, 0.3) is 0 Å². The largest absolute Gasteiger partial charge is 0.373 e. The molecular formula is C23H18ClNO. The van der Waals surface area contributed by atoms with Gasteiger partial charge < -0.3 is 5.32 Å². The zero-order chi connectivity index (χ0) is 17.7. The van der Waals surface area contributed by atoms with Gasteiger partial charge in [-0.3, -0.25) is 4.79 Å². The molecule has 1 N–H and O–H groups in total. The summed E-state index contributed by atoms with van der Waals surface area (Å²) in [5.74, 6) is 0.252. The van der Waals surface area contributed by atoms with Gasteiger partial charge in [0.05, 0.1) is 6.04 Å². The summed E-state index contributed by atoms with van der Waals surface area (Å²) < 4.78 is 0. The first kappa shape index (κ1) is 15.7. The molecule has 0 saturated carbocycles. The van der Waals surface area contributed by atoms with Gasteiger partial charge in [-0.05, 0) is 52.9 Å². The van der Waals surface area contributed by atoms with Crippen LogP contribution < -0.4 is 5.32 Å². The Morgan fingerprint density at radius 2 is 1.85 bits per heavy atom. The van der Waals surface area contributed by atoms with Gasteiger partial charge in [0, 0.05) is 28.3 Å². The number of Topliss-reactive ketones (excluding diaryl/α,β-unsaturated/α-hetero) is 1. The standard InChI is InChI=1S/C23H18ClNO/c24-16-7-3-6-15(13-16)23-22-18(9-4-10-20(22)26)21-17-8-2-1-5-14(17)11-12-19(21)25-23/h1-3,5-8,11-13,23,25H,4,9-10H2/t23-/m0/s1. The Hall–Kier alpha value is -2.58. The fourth-order valence-corrected chi connectivity index (χ4v) is 4.54. The third-order valence-electron chi connectivity index (χ3n) is 5.46. The van der Waals surface area contributed by atoms with Gasteiger partial charge in [-0.15, -0.1) is 0 Å². The number of benzene rings is 3. The molecule has 3 aromatic rings. The molecule has 26 heavy (non-hydrogen) atoms. The number of allylic oxidation sites excluding steroid dienone is 1. The van der Waals surface area contributed by atoms with Crippen LogP contribution in [0.1, 0.15) is 36.4 Å². The van der Waals surface area contributed by atoms with Crippen molar-refractivity contribution in [2.24, 2.45) is 0 Å². The van der Waals surface area contributed by atoms with Crippen LogP contribution in [-0.4, -0.2) is 5.78 Å². The highest BCUT2D eigenvalue weighted by Gasteiger charge is 2.34. The number of carbonyl (C=O) groups excluding carboxylic acids is 1. The molecule has 2 aliphatic rings. The van der Waals surface area contributed by atoms with Gasteiger partial charge in [-0.1, -0.05) is 54.1 Å². The Labute approximate surface area is 157 Å². The molecule has 3 aromatic carbocycles. The molecule has 0 aromatic heterocycles. The number of anilines is 1. The number of nitrogens with one attached hydrogen (secondary N) is 1. The Kier molecular flexibility index (Phi) is 3.61. The van der Waals surface area contributed by atoms with E-state index >= 15 is 0 Å². The molecule has 1 atom stereocenters. The van der Waals surface area contributed by atoms with E-state index < -0.39 is 0 Å². The van der Waals surface area contributed by atoms with Gasteiger partial charge in [-0.25, -0.2) is 0 Å². The SMILES string of the molecule is O=C1CCCC2=C1[C@H](c1cccc(Cl)c1)Nc1ccc3ccccc3c12. The van der Waals surface area contributed by atoms with Crippen molar-refractivity contribution in [2.75, 3.05) is 5.32 Å². The molecule has 2 nitrogen and oxygen atoms in total. The second-order valence-corrected chi connectivity index (χ2v) is 7.45. The quantitative estimate of drug-likeness (QED) is 0.563. The van der Waals surface area contributed by atoms with Crippen molar-refractivity contribution in [3.8, 4) is 0 Å². The Morgan fingerprint density at radius 3 is 2.73 bits per heavy atom. The smallest absolute Gasteiger partial charge is 0.161 e. The minimum atomic E-state index is -0.134. The molecule has 0 spiro atoms. The lowest BCUT2D eigenvalue weighted by Crippen LogP contribution is -2.27. The molecule has 128 valence electrons. The predicted molar refractivity (Wildman–Crippen MR) is 108 cm³/mol. The fraction of sp³-hybridized carbons (Fsp3) is 0.174. The second kappa shape index (κ2) is 6.00. The van der Waals surface area contributed by atoms with E-state index in [1.807, 2.05) is 24.3 Å². The zero-order valence-electron chi connectivity index (χ0n) is 14.3. The van der Waals surface area contributed by atoms with Crippen LogP contribution in [0.3, 0.4) is 0 Å². The summed E-state index contributed by atoms with van der Waals surface area (Å²) in [7, 11) is 0. The number of rotatable bonds is 1. The van der Waals surface area contributed by atoms with Crippen molar-refractivity contribution >= 4 is 39.4 Å². The normalized spacial score (nSPS) is 19.1. The van der Waals surface area contributed by atoms with Crippen molar-refractivity contribution in [3.05, 3.63) is 82.4 Å². The Bertz CT molecular complexity index is 1080. The zero-order valence-corrected chi connectivity index (χ0v) is 15.0. The van der Waals surface area contributed by atoms with Crippen LogP contribution in [0, 0.1) is 0 Å². The number of fused-ring (bicyclic) bond motifs is 4. The number of hydrogen-bond acceptors (Lipinski definition) is 2. The second-order valence-electron chi connectivity index (χ2n) is 7.01. The summed E-state index contributed by atoms with van der Waals surface area (Å²) in [5.41, 5.74) is 5.46. The third kappa shape index (κ3) is 2.37. The summed E-state index contributed by atoms with van der Waals surface area (Å²) in [6.07, 6.45) is 2.49. The lowest BCUT2D eigenvalue weighted by atomic mass is 9.77. The van der Waals surface area contributed by atoms with Crippen molar-refractivity contribution in [3.63, 3.8) is 0 Å². The first-order valence-corrected chi connectivity index (χ1v) is 9.40. The molecule has 3 heteroatoms. The maximum atomic E-state index is 12.9. The molecule has 1 aliphatic heterocycles. The maximum Gasteiger partial charge on any atom is 0.161 e. The van der Waals surface area contributed by atoms with E-state index in [9.17, 15) is 4.79 Å². The van der Waals surface area contributed by atoms with E-state index in [-0.39, 0.29) is 11.8 Å². The highest BCUT2D eigenvalue weighted by atomic mass is 35.5. The number of ketones is 1. The highest BCUT2D eigenvalue weighted by molar-refractivity contribution is 6.30. The van der Waals surface area contributed by atoms with Crippen LogP contribution in [0.5, 0.6) is 0 Å². The summed E-state index contributed by atoms with van der Waals surface area (Å²) in [6, 6.07) is 20.4. The topological polar surface area (TPSA) is 29.1 Å². The van der Waals surface area contributed by atoms with E-state index in [0.717, 1.165) is 29.7 Å². The summed E-state index contributed by atoms with van der Waals surface area (Å²) in [4.78, 5) is 12.9. The van der Waals surface area contributed by atoms with Crippen molar-refractivity contribution in [1.82, 2.24) is 0 Å². The van der Waals surface area contributed by atoms with E-state index in [4.69, 9.17) is 11.6 Å². The van der Waals surface area contributed by atoms with Crippen LogP contribution in [0.15, 0.2) is 66.2 Å². The molecular weight excluding hydrogens is 342 g/mol. The van der Waals surface area contributed by atoms with Gasteiger partial charge in [0.15, 0.2) is 5.78 Å². The fourth-order valence-electron chi connectivity index (χ4n) is 4.34. The summed E-state index contributed by atoms with van der Waals surface area (Å²) in [5, 5.41) is 6.74. The maximum absolute atomic E-state index is 12.9. The lowest BCUT2D eigenvalue weighted by Gasteiger charge is -2.35. The van der Waals surface area contributed by atoms with Crippen LogP contribution in [0.25, 0.3) is 16.3 Å². The summed E-state index contributed by atoms with van der Waals surface area (Å²) in [6.45, 7) is 0. The average molecular weight is 360 g/mol. The van der Waals surface area contributed by atoms with E-state index in [0.29, 0.717) is 11.4 Å². The minimum Gasteiger partial charge on any atom is -0.373 e. The van der Waals surface area contributed by atoms with Gasteiger partial charge >= 0.3 is 0 Å².